The SMILES string of the molecule is CC1(C)CCC(COc2ccc3c(c2)[C@@H](N)CCC3)O1. The molecule has 1 unspecified atom stereocenters. The van der Waals surface area contributed by atoms with Gasteiger partial charge in [-0.2, -0.15) is 0 Å². The van der Waals surface area contributed by atoms with Crippen LogP contribution in [-0.2, 0) is 11.2 Å². The van der Waals surface area contributed by atoms with Gasteiger partial charge in [0.1, 0.15) is 12.4 Å². The Labute approximate surface area is 121 Å². The molecular weight excluding hydrogens is 250 g/mol. The summed E-state index contributed by atoms with van der Waals surface area (Å²) in [7, 11) is 0. The molecule has 1 heterocycles. The first kappa shape index (κ1) is 13.9. The molecule has 0 saturated carbocycles. The fourth-order valence-electron chi connectivity index (χ4n) is 3.29. The zero-order chi connectivity index (χ0) is 14.2. The van der Waals surface area contributed by atoms with Crippen LogP contribution < -0.4 is 10.5 Å². The van der Waals surface area contributed by atoms with E-state index in [4.69, 9.17) is 15.2 Å². The molecule has 0 bridgehead atoms. The molecule has 3 rings (SSSR count). The van der Waals surface area contributed by atoms with Gasteiger partial charge < -0.3 is 15.2 Å². The van der Waals surface area contributed by atoms with Crippen LogP contribution in [0.5, 0.6) is 5.75 Å². The van der Waals surface area contributed by atoms with Gasteiger partial charge >= 0.3 is 0 Å². The van der Waals surface area contributed by atoms with Crippen molar-refractivity contribution < 1.29 is 9.47 Å². The van der Waals surface area contributed by atoms with Crippen molar-refractivity contribution in [2.45, 2.75) is 63.7 Å². The van der Waals surface area contributed by atoms with Crippen molar-refractivity contribution >= 4 is 0 Å². The predicted octanol–water partition coefficient (Wildman–Crippen LogP) is 3.36. The van der Waals surface area contributed by atoms with Crippen molar-refractivity contribution in [3.8, 4) is 5.75 Å². The molecule has 3 nitrogen and oxygen atoms in total. The standard InChI is InChI=1S/C17H25NO2/c1-17(2)9-8-14(20-17)11-19-13-7-6-12-4-3-5-16(18)15(12)10-13/h6-7,10,14,16H,3-5,8-9,11,18H2,1-2H3/t14?,16-/m0/s1. The lowest BCUT2D eigenvalue weighted by Gasteiger charge is -2.23. The van der Waals surface area contributed by atoms with Crippen LogP contribution in [-0.4, -0.2) is 18.3 Å². The molecule has 0 amide bonds. The first-order chi connectivity index (χ1) is 9.53. The molecule has 1 saturated heterocycles. The summed E-state index contributed by atoms with van der Waals surface area (Å²) in [4.78, 5) is 0. The summed E-state index contributed by atoms with van der Waals surface area (Å²) < 4.78 is 11.9. The van der Waals surface area contributed by atoms with Crippen LogP contribution in [0.15, 0.2) is 18.2 Å². The monoisotopic (exact) mass is 275 g/mol. The zero-order valence-electron chi connectivity index (χ0n) is 12.5. The molecule has 1 fully saturated rings. The molecule has 2 atom stereocenters. The number of ether oxygens (including phenoxy) is 2. The van der Waals surface area contributed by atoms with Gasteiger partial charge in [0.2, 0.25) is 0 Å². The Morgan fingerprint density at radius 3 is 2.95 bits per heavy atom. The predicted molar refractivity (Wildman–Crippen MR) is 80.0 cm³/mol. The van der Waals surface area contributed by atoms with Gasteiger partial charge in [-0.1, -0.05) is 6.07 Å². The van der Waals surface area contributed by atoms with Gasteiger partial charge in [0.15, 0.2) is 0 Å². The molecule has 2 aliphatic rings. The van der Waals surface area contributed by atoms with E-state index in [0.717, 1.165) is 31.4 Å². The first-order valence-electron chi connectivity index (χ1n) is 7.72. The molecular formula is C17H25NO2. The van der Waals surface area contributed by atoms with Crippen LogP contribution in [0, 0.1) is 0 Å². The number of aryl methyl sites for hydroxylation is 1. The highest BCUT2D eigenvalue weighted by Gasteiger charge is 2.32. The summed E-state index contributed by atoms with van der Waals surface area (Å²) in [5.74, 6) is 0.925. The van der Waals surface area contributed by atoms with Crippen molar-refractivity contribution in [3.05, 3.63) is 29.3 Å². The van der Waals surface area contributed by atoms with Crippen LogP contribution in [0.25, 0.3) is 0 Å². The maximum atomic E-state index is 6.19. The largest absolute Gasteiger partial charge is 0.491 e. The lowest BCUT2D eigenvalue weighted by molar-refractivity contribution is -0.0326. The maximum absolute atomic E-state index is 6.19. The molecule has 1 aromatic carbocycles. The van der Waals surface area contributed by atoms with Crippen molar-refractivity contribution in [1.82, 2.24) is 0 Å². The fraction of sp³-hybridized carbons (Fsp3) is 0.647. The minimum atomic E-state index is 0.00618. The smallest absolute Gasteiger partial charge is 0.119 e. The number of rotatable bonds is 3. The molecule has 2 N–H and O–H groups in total. The van der Waals surface area contributed by atoms with Gasteiger partial charge in [-0.05, 0) is 69.2 Å². The molecule has 110 valence electrons. The average molecular weight is 275 g/mol. The highest BCUT2D eigenvalue weighted by Crippen LogP contribution is 2.32. The second kappa shape index (κ2) is 5.38. The van der Waals surface area contributed by atoms with E-state index in [1.165, 1.54) is 17.5 Å². The number of nitrogens with two attached hydrogens (primary N) is 1. The van der Waals surface area contributed by atoms with Gasteiger partial charge in [0.25, 0.3) is 0 Å². The Kier molecular flexibility index (Phi) is 3.74. The Morgan fingerprint density at radius 1 is 1.35 bits per heavy atom. The summed E-state index contributed by atoms with van der Waals surface area (Å²) >= 11 is 0. The lowest BCUT2D eigenvalue weighted by Crippen LogP contribution is -2.24. The molecule has 0 aromatic heterocycles. The number of hydrogen-bond acceptors (Lipinski definition) is 3. The second-order valence-corrected chi connectivity index (χ2v) is 6.71. The van der Waals surface area contributed by atoms with E-state index < -0.39 is 0 Å². The second-order valence-electron chi connectivity index (χ2n) is 6.71. The number of hydrogen-bond donors (Lipinski definition) is 1. The number of benzene rings is 1. The third-order valence-electron chi connectivity index (χ3n) is 4.47. The molecule has 1 aromatic rings. The molecule has 1 aliphatic heterocycles. The summed E-state index contributed by atoms with van der Waals surface area (Å²) in [5, 5.41) is 0. The first-order valence-corrected chi connectivity index (χ1v) is 7.72. The van der Waals surface area contributed by atoms with Crippen LogP contribution >= 0.6 is 0 Å². The Morgan fingerprint density at radius 2 is 2.20 bits per heavy atom. The van der Waals surface area contributed by atoms with Crippen LogP contribution in [0.3, 0.4) is 0 Å². The van der Waals surface area contributed by atoms with Crippen molar-refractivity contribution in [1.29, 1.82) is 0 Å². The summed E-state index contributed by atoms with van der Waals surface area (Å²) in [6, 6.07) is 6.53. The third-order valence-corrected chi connectivity index (χ3v) is 4.47. The van der Waals surface area contributed by atoms with Crippen molar-refractivity contribution in [3.63, 3.8) is 0 Å². The van der Waals surface area contributed by atoms with Gasteiger partial charge in [0.05, 0.1) is 11.7 Å². The average Bonchev–Trinajstić information content (AvgIpc) is 2.77. The molecule has 0 spiro atoms. The zero-order valence-corrected chi connectivity index (χ0v) is 12.5. The van der Waals surface area contributed by atoms with E-state index in [9.17, 15) is 0 Å². The van der Waals surface area contributed by atoms with Crippen molar-refractivity contribution in [2.24, 2.45) is 5.73 Å². The molecule has 0 radical (unpaired) electrons. The number of fused-ring (bicyclic) bond motifs is 1. The molecule has 3 heteroatoms. The molecule has 20 heavy (non-hydrogen) atoms. The highest BCUT2D eigenvalue weighted by molar-refractivity contribution is 5.39. The van der Waals surface area contributed by atoms with E-state index in [1.54, 1.807) is 0 Å². The Hall–Kier alpha value is -1.06. The summed E-state index contributed by atoms with van der Waals surface area (Å²) in [6.45, 7) is 4.92. The van der Waals surface area contributed by atoms with E-state index in [2.05, 4.69) is 32.0 Å². The molecule has 1 aliphatic carbocycles. The quantitative estimate of drug-likeness (QED) is 0.920. The lowest BCUT2D eigenvalue weighted by atomic mass is 9.88. The maximum Gasteiger partial charge on any atom is 0.119 e. The minimum Gasteiger partial charge on any atom is -0.491 e. The minimum absolute atomic E-state index is 0.00618. The van der Waals surface area contributed by atoms with Crippen LogP contribution in [0.1, 0.15) is 56.7 Å². The highest BCUT2D eigenvalue weighted by atomic mass is 16.6. The van der Waals surface area contributed by atoms with E-state index in [1.807, 2.05) is 0 Å². The normalized spacial score (nSPS) is 28.1. The fourth-order valence-corrected chi connectivity index (χ4v) is 3.29. The topological polar surface area (TPSA) is 44.5 Å². The van der Waals surface area contributed by atoms with E-state index >= 15 is 0 Å². The van der Waals surface area contributed by atoms with Crippen LogP contribution in [0.4, 0.5) is 0 Å². The summed E-state index contributed by atoms with van der Waals surface area (Å²) in [5.41, 5.74) is 8.84. The van der Waals surface area contributed by atoms with Crippen LogP contribution in [0.2, 0.25) is 0 Å². The van der Waals surface area contributed by atoms with Gasteiger partial charge in [-0.25, -0.2) is 0 Å². The Bertz CT molecular complexity index is 484. The van der Waals surface area contributed by atoms with Crippen molar-refractivity contribution in [2.75, 3.05) is 6.61 Å². The van der Waals surface area contributed by atoms with Gasteiger partial charge in [0, 0.05) is 6.04 Å². The van der Waals surface area contributed by atoms with E-state index in [-0.39, 0.29) is 17.7 Å². The van der Waals surface area contributed by atoms with E-state index in [0.29, 0.717) is 6.61 Å². The Balaban J connectivity index is 1.62. The third kappa shape index (κ3) is 2.99. The summed E-state index contributed by atoms with van der Waals surface area (Å²) in [6.07, 6.45) is 5.82. The van der Waals surface area contributed by atoms with Gasteiger partial charge in [-0.3, -0.25) is 0 Å². The van der Waals surface area contributed by atoms with Gasteiger partial charge in [-0.15, -0.1) is 0 Å².